The lowest BCUT2D eigenvalue weighted by Crippen LogP contribution is -2.49. The van der Waals surface area contributed by atoms with Gasteiger partial charge in [-0.2, -0.15) is 5.10 Å². The second-order valence-corrected chi connectivity index (χ2v) is 6.67. The van der Waals surface area contributed by atoms with E-state index < -0.39 is 0 Å². The molecule has 0 aliphatic carbocycles. The summed E-state index contributed by atoms with van der Waals surface area (Å²) in [7, 11) is 2.18. The molecule has 0 aromatic carbocycles. The van der Waals surface area contributed by atoms with Crippen LogP contribution in [0.5, 0.6) is 0 Å². The molecule has 3 rings (SSSR count). The average Bonchev–Trinajstić information content (AvgIpc) is 2.92. The fraction of sp³-hybridized carbons (Fsp3) is 0.588. The Morgan fingerprint density at radius 1 is 1.17 bits per heavy atom. The van der Waals surface area contributed by atoms with Gasteiger partial charge in [-0.3, -0.25) is 9.88 Å². The highest BCUT2D eigenvalue weighted by Crippen LogP contribution is 2.12. The van der Waals surface area contributed by atoms with Gasteiger partial charge in [-0.15, -0.1) is 0 Å². The molecule has 0 saturated carbocycles. The predicted molar refractivity (Wildman–Crippen MR) is 95.6 cm³/mol. The highest BCUT2D eigenvalue weighted by Gasteiger charge is 2.19. The Morgan fingerprint density at radius 2 is 1.92 bits per heavy atom. The summed E-state index contributed by atoms with van der Waals surface area (Å²) in [5, 5.41) is 7.89. The van der Waals surface area contributed by atoms with Crippen LogP contribution in [0.1, 0.15) is 18.3 Å². The molecule has 1 N–H and O–H groups in total. The minimum atomic E-state index is 0.470. The third-order valence-electron chi connectivity index (χ3n) is 4.59. The molecule has 130 valence electrons. The quantitative estimate of drug-likeness (QED) is 0.893. The summed E-state index contributed by atoms with van der Waals surface area (Å²) in [4.78, 5) is 13.8. The molecule has 1 unspecified atom stereocenters. The Labute approximate surface area is 143 Å². The molecule has 1 fully saturated rings. The van der Waals surface area contributed by atoms with Crippen molar-refractivity contribution < 1.29 is 0 Å². The van der Waals surface area contributed by atoms with E-state index in [0.29, 0.717) is 6.04 Å². The molecule has 7 heteroatoms. The predicted octanol–water partition coefficient (Wildman–Crippen LogP) is 1.33. The topological polar surface area (TPSA) is 62.1 Å². The van der Waals surface area contributed by atoms with Crippen molar-refractivity contribution in [1.82, 2.24) is 29.5 Å². The number of hydrogen-bond acceptors (Lipinski definition) is 6. The van der Waals surface area contributed by atoms with Gasteiger partial charge in [0.15, 0.2) is 5.82 Å². The standard InChI is InChI=1S/C17H27N7/c1-13-9-14(2)24(21-13)17-12-18-11-16(20-17)19-10-15(3)23-7-5-22(4)6-8-23/h9,11-12,15H,5-8,10H2,1-4H3,(H,19,20). The summed E-state index contributed by atoms with van der Waals surface area (Å²) in [6.07, 6.45) is 3.51. The molecule has 2 aromatic heterocycles. The lowest BCUT2D eigenvalue weighted by atomic mass is 10.2. The highest BCUT2D eigenvalue weighted by atomic mass is 15.3. The Balaban J connectivity index is 1.62. The lowest BCUT2D eigenvalue weighted by Gasteiger charge is -2.36. The zero-order chi connectivity index (χ0) is 17.1. The fourth-order valence-electron chi connectivity index (χ4n) is 3.05. The number of aryl methyl sites for hydroxylation is 2. The molecular weight excluding hydrogens is 302 g/mol. The van der Waals surface area contributed by atoms with Gasteiger partial charge in [0, 0.05) is 44.5 Å². The van der Waals surface area contributed by atoms with Crippen LogP contribution in [0.3, 0.4) is 0 Å². The van der Waals surface area contributed by atoms with Crippen molar-refractivity contribution in [2.24, 2.45) is 0 Å². The van der Waals surface area contributed by atoms with E-state index in [1.165, 1.54) is 0 Å². The van der Waals surface area contributed by atoms with Gasteiger partial charge in [0.1, 0.15) is 5.82 Å². The van der Waals surface area contributed by atoms with Gasteiger partial charge in [0.2, 0.25) is 0 Å². The Morgan fingerprint density at radius 3 is 2.58 bits per heavy atom. The molecular formula is C17H27N7. The number of anilines is 1. The van der Waals surface area contributed by atoms with Crippen molar-refractivity contribution in [3.05, 3.63) is 29.8 Å². The molecule has 1 atom stereocenters. The molecule has 3 heterocycles. The molecule has 1 saturated heterocycles. The summed E-state index contributed by atoms with van der Waals surface area (Å²) in [6, 6.07) is 2.51. The number of nitrogens with one attached hydrogen (secondary N) is 1. The smallest absolute Gasteiger partial charge is 0.174 e. The monoisotopic (exact) mass is 329 g/mol. The lowest BCUT2D eigenvalue weighted by molar-refractivity contribution is 0.123. The molecule has 2 aromatic rings. The third kappa shape index (κ3) is 3.91. The highest BCUT2D eigenvalue weighted by molar-refractivity contribution is 5.36. The largest absolute Gasteiger partial charge is 0.367 e. The van der Waals surface area contributed by atoms with Crippen LogP contribution < -0.4 is 5.32 Å². The number of piperazine rings is 1. The van der Waals surface area contributed by atoms with Gasteiger partial charge in [-0.1, -0.05) is 0 Å². The number of nitrogens with zero attached hydrogens (tertiary/aromatic N) is 6. The fourth-order valence-corrected chi connectivity index (χ4v) is 3.05. The number of rotatable bonds is 5. The van der Waals surface area contributed by atoms with Crippen LogP contribution in [-0.2, 0) is 0 Å². The van der Waals surface area contributed by atoms with E-state index >= 15 is 0 Å². The van der Waals surface area contributed by atoms with E-state index in [1.807, 2.05) is 24.6 Å². The molecule has 0 spiro atoms. The first kappa shape index (κ1) is 16.9. The second kappa shape index (κ2) is 7.27. The van der Waals surface area contributed by atoms with Crippen molar-refractivity contribution in [2.45, 2.75) is 26.8 Å². The van der Waals surface area contributed by atoms with Crippen LogP contribution in [0.15, 0.2) is 18.5 Å². The second-order valence-electron chi connectivity index (χ2n) is 6.67. The van der Waals surface area contributed by atoms with Gasteiger partial charge < -0.3 is 10.2 Å². The molecule has 0 radical (unpaired) electrons. The summed E-state index contributed by atoms with van der Waals surface area (Å²) < 4.78 is 1.83. The van der Waals surface area contributed by atoms with Crippen molar-refractivity contribution in [3.63, 3.8) is 0 Å². The Bertz CT molecular complexity index is 673. The van der Waals surface area contributed by atoms with Gasteiger partial charge >= 0.3 is 0 Å². The Kier molecular flexibility index (Phi) is 5.11. The first-order chi connectivity index (χ1) is 11.5. The van der Waals surface area contributed by atoms with Crippen LogP contribution in [0.4, 0.5) is 5.82 Å². The summed E-state index contributed by atoms with van der Waals surface area (Å²) in [5.41, 5.74) is 2.04. The van der Waals surface area contributed by atoms with E-state index in [4.69, 9.17) is 0 Å². The number of aromatic nitrogens is 4. The number of hydrogen-bond donors (Lipinski definition) is 1. The molecule has 1 aliphatic heterocycles. The first-order valence-electron chi connectivity index (χ1n) is 8.55. The van der Waals surface area contributed by atoms with Crippen LogP contribution in [-0.4, -0.2) is 75.4 Å². The molecule has 7 nitrogen and oxygen atoms in total. The first-order valence-corrected chi connectivity index (χ1v) is 8.55. The van der Waals surface area contributed by atoms with Crippen LogP contribution in [0.25, 0.3) is 5.82 Å². The SMILES string of the molecule is Cc1cc(C)n(-c2cncc(NCC(C)N3CCN(C)CC3)n2)n1. The van der Waals surface area contributed by atoms with E-state index in [1.54, 1.807) is 12.4 Å². The summed E-state index contributed by atoms with van der Waals surface area (Å²) in [5.74, 6) is 1.54. The van der Waals surface area contributed by atoms with Crippen molar-refractivity contribution in [2.75, 3.05) is 45.1 Å². The van der Waals surface area contributed by atoms with Crippen molar-refractivity contribution in [3.8, 4) is 5.82 Å². The molecule has 0 bridgehead atoms. The molecule has 1 aliphatic rings. The van der Waals surface area contributed by atoms with Gasteiger partial charge in [-0.05, 0) is 33.9 Å². The van der Waals surface area contributed by atoms with E-state index in [9.17, 15) is 0 Å². The van der Waals surface area contributed by atoms with E-state index in [-0.39, 0.29) is 0 Å². The maximum atomic E-state index is 4.65. The minimum Gasteiger partial charge on any atom is -0.367 e. The van der Waals surface area contributed by atoms with Crippen molar-refractivity contribution >= 4 is 5.82 Å². The maximum absolute atomic E-state index is 4.65. The van der Waals surface area contributed by atoms with Gasteiger partial charge in [0.05, 0.1) is 18.1 Å². The zero-order valence-corrected chi connectivity index (χ0v) is 15.0. The van der Waals surface area contributed by atoms with E-state index in [2.05, 4.69) is 44.2 Å². The average molecular weight is 329 g/mol. The summed E-state index contributed by atoms with van der Waals surface area (Å²) >= 11 is 0. The summed E-state index contributed by atoms with van der Waals surface area (Å²) in [6.45, 7) is 11.6. The van der Waals surface area contributed by atoms with Crippen molar-refractivity contribution in [1.29, 1.82) is 0 Å². The van der Waals surface area contributed by atoms with Crippen LogP contribution in [0, 0.1) is 13.8 Å². The van der Waals surface area contributed by atoms with E-state index in [0.717, 1.165) is 55.7 Å². The maximum Gasteiger partial charge on any atom is 0.174 e. The number of likely N-dealkylation sites (N-methyl/N-ethyl adjacent to an activating group) is 1. The third-order valence-corrected chi connectivity index (χ3v) is 4.59. The minimum absolute atomic E-state index is 0.470. The van der Waals surface area contributed by atoms with Crippen LogP contribution >= 0.6 is 0 Å². The van der Waals surface area contributed by atoms with Gasteiger partial charge in [-0.25, -0.2) is 9.67 Å². The molecule has 0 amide bonds. The Hall–Kier alpha value is -1.99. The zero-order valence-electron chi connectivity index (χ0n) is 15.0. The van der Waals surface area contributed by atoms with Gasteiger partial charge in [0.25, 0.3) is 0 Å². The molecule has 24 heavy (non-hydrogen) atoms. The van der Waals surface area contributed by atoms with Crippen LogP contribution in [0.2, 0.25) is 0 Å². The normalized spacial score (nSPS) is 17.8.